The molecule has 0 atom stereocenters. The highest BCUT2D eigenvalue weighted by molar-refractivity contribution is 6.07. The molecular formula is C22H18N2O4. The van der Waals surface area contributed by atoms with Crippen molar-refractivity contribution in [2.75, 3.05) is 5.32 Å². The Bertz CT molecular complexity index is 1000. The monoisotopic (exact) mass is 374 g/mol. The summed E-state index contributed by atoms with van der Waals surface area (Å²) in [5.74, 6) is 0.0432. The highest BCUT2D eigenvalue weighted by Crippen LogP contribution is 2.26. The summed E-state index contributed by atoms with van der Waals surface area (Å²) in [6, 6.07) is 23.1. The van der Waals surface area contributed by atoms with Crippen LogP contribution in [0.1, 0.15) is 15.9 Å². The van der Waals surface area contributed by atoms with E-state index < -0.39 is 5.91 Å². The number of hydrogen-bond acceptors (Lipinski definition) is 4. The third-order valence-electron chi connectivity index (χ3n) is 3.84. The molecule has 0 aliphatic heterocycles. The van der Waals surface area contributed by atoms with Crippen molar-refractivity contribution in [1.82, 2.24) is 5.48 Å². The first-order valence-corrected chi connectivity index (χ1v) is 8.52. The quantitative estimate of drug-likeness (QED) is 0.342. The molecule has 28 heavy (non-hydrogen) atoms. The van der Waals surface area contributed by atoms with Gasteiger partial charge in [-0.25, -0.2) is 5.48 Å². The smallest absolute Gasteiger partial charge is 0.267 e. The number of hydrogen-bond donors (Lipinski definition) is 3. The third-order valence-corrected chi connectivity index (χ3v) is 3.84. The van der Waals surface area contributed by atoms with Crippen molar-refractivity contribution in [3.05, 3.63) is 96.1 Å². The zero-order chi connectivity index (χ0) is 19.8. The molecule has 6 nitrogen and oxygen atoms in total. The molecule has 3 aromatic rings. The summed E-state index contributed by atoms with van der Waals surface area (Å²) in [4.78, 5) is 24.0. The van der Waals surface area contributed by atoms with Crippen LogP contribution in [-0.4, -0.2) is 17.0 Å². The lowest BCUT2D eigenvalue weighted by Crippen LogP contribution is -2.15. The highest BCUT2D eigenvalue weighted by Gasteiger charge is 2.14. The number of amides is 2. The van der Waals surface area contributed by atoms with E-state index in [0.29, 0.717) is 28.3 Å². The fraction of sp³-hybridized carbons (Fsp3) is 0. The zero-order valence-corrected chi connectivity index (χ0v) is 14.8. The molecule has 140 valence electrons. The molecule has 0 saturated heterocycles. The number of carbonyl (C=O) groups excluding carboxylic acids is 2. The van der Waals surface area contributed by atoms with E-state index in [0.717, 1.165) is 6.08 Å². The summed E-state index contributed by atoms with van der Waals surface area (Å²) in [6.45, 7) is 0. The van der Waals surface area contributed by atoms with Gasteiger partial charge in [-0.05, 0) is 42.0 Å². The maximum absolute atomic E-state index is 12.8. The standard InChI is InChI=1S/C22H18N2O4/c25-21(24-27)15-14-16-8-4-6-12-19(16)23-22(26)18-11-5-7-13-20(18)28-17-9-2-1-3-10-17/h1-15,27H,(H,23,26)(H,24,25)/b15-14+. The summed E-state index contributed by atoms with van der Waals surface area (Å²) in [5, 5.41) is 11.4. The van der Waals surface area contributed by atoms with Crippen LogP contribution in [0.4, 0.5) is 5.69 Å². The minimum absolute atomic E-state index is 0.348. The van der Waals surface area contributed by atoms with Crippen LogP contribution in [0.3, 0.4) is 0 Å². The van der Waals surface area contributed by atoms with E-state index in [1.807, 2.05) is 18.2 Å². The summed E-state index contributed by atoms with van der Waals surface area (Å²) in [7, 11) is 0. The summed E-state index contributed by atoms with van der Waals surface area (Å²) in [5.41, 5.74) is 3.03. The minimum Gasteiger partial charge on any atom is -0.457 e. The molecule has 0 radical (unpaired) electrons. The largest absolute Gasteiger partial charge is 0.457 e. The van der Waals surface area contributed by atoms with Crippen molar-refractivity contribution in [3.8, 4) is 11.5 Å². The molecule has 0 aromatic heterocycles. The Balaban J connectivity index is 1.83. The van der Waals surface area contributed by atoms with Crippen molar-refractivity contribution in [1.29, 1.82) is 0 Å². The lowest BCUT2D eigenvalue weighted by molar-refractivity contribution is -0.124. The second kappa shape index (κ2) is 9.16. The lowest BCUT2D eigenvalue weighted by Gasteiger charge is -2.12. The average Bonchev–Trinajstić information content (AvgIpc) is 2.74. The van der Waals surface area contributed by atoms with Gasteiger partial charge < -0.3 is 10.1 Å². The Morgan fingerprint density at radius 1 is 0.857 bits per heavy atom. The highest BCUT2D eigenvalue weighted by atomic mass is 16.5. The van der Waals surface area contributed by atoms with Gasteiger partial charge in [0.25, 0.3) is 11.8 Å². The third kappa shape index (κ3) is 4.84. The number of hydroxylamine groups is 1. The summed E-state index contributed by atoms with van der Waals surface area (Å²) < 4.78 is 5.84. The van der Waals surface area contributed by atoms with Crippen LogP contribution < -0.4 is 15.5 Å². The lowest BCUT2D eigenvalue weighted by atomic mass is 10.1. The molecule has 3 N–H and O–H groups in total. The van der Waals surface area contributed by atoms with Gasteiger partial charge >= 0.3 is 0 Å². The van der Waals surface area contributed by atoms with Crippen LogP contribution in [0.25, 0.3) is 6.08 Å². The second-order valence-corrected chi connectivity index (χ2v) is 5.76. The first-order valence-electron chi connectivity index (χ1n) is 8.52. The SMILES string of the molecule is O=C(/C=C/c1ccccc1NC(=O)c1ccccc1Oc1ccccc1)NO. The molecule has 0 spiro atoms. The van der Waals surface area contributed by atoms with Gasteiger partial charge in [-0.3, -0.25) is 14.8 Å². The Kier molecular flexibility index (Phi) is 6.17. The number of para-hydroxylation sites is 3. The Morgan fingerprint density at radius 3 is 2.32 bits per heavy atom. The van der Waals surface area contributed by atoms with Crippen LogP contribution >= 0.6 is 0 Å². The Labute approximate surface area is 162 Å². The molecule has 0 fully saturated rings. The van der Waals surface area contributed by atoms with E-state index in [-0.39, 0.29) is 5.91 Å². The minimum atomic E-state index is -0.664. The van der Waals surface area contributed by atoms with Crippen LogP contribution in [0, 0.1) is 0 Å². The maximum Gasteiger partial charge on any atom is 0.267 e. The normalized spacial score (nSPS) is 10.5. The van der Waals surface area contributed by atoms with Gasteiger partial charge in [0, 0.05) is 11.8 Å². The molecule has 0 bridgehead atoms. The molecule has 3 rings (SSSR count). The molecule has 0 unspecified atom stereocenters. The fourth-order valence-electron chi connectivity index (χ4n) is 2.51. The van der Waals surface area contributed by atoms with Crippen molar-refractivity contribution >= 4 is 23.6 Å². The zero-order valence-electron chi connectivity index (χ0n) is 14.8. The van der Waals surface area contributed by atoms with E-state index in [1.54, 1.807) is 60.7 Å². The van der Waals surface area contributed by atoms with Crippen molar-refractivity contribution in [2.45, 2.75) is 0 Å². The summed E-state index contributed by atoms with van der Waals surface area (Å²) in [6.07, 6.45) is 2.66. The number of ether oxygens (including phenoxy) is 1. The van der Waals surface area contributed by atoms with Gasteiger partial charge in [0.2, 0.25) is 0 Å². The topological polar surface area (TPSA) is 87.7 Å². The Hall–Kier alpha value is -3.90. The molecular weight excluding hydrogens is 356 g/mol. The van der Waals surface area contributed by atoms with Crippen LogP contribution in [0.15, 0.2) is 84.9 Å². The van der Waals surface area contributed by atoms with Gasteiger partial charge in [0.1, 0.15) is 11.5 Å². The second-order valence-electron chi connectivity index (χ2n) is 5.76. The van der Waals surface area contributed by atoms with Gasteiger partial charge in [0.05, 0.1) is 5.56 Å². The van der Waals surface area contributed by atoms with E-state index in [2.05, 4.69) is 5.32 Å². The number of rotatable bonds is 6. The fourth-order valence-corrected chi connectivity index (χ4v) is 2.51. The van der Waals surface area contributed by atoms with Crippen molar-refractivity contribution in [3.63, 3.8) is 0 Å². The van der Waals surface area contributed by atoms with E-state index >= 15 is 0 Å². The molecule has 0 saturated carbocycles. The first-order chi connectivity index (χ1) is 13.7. The van der Waals surface area contributed by atoms with Gasteiger partial charge in [-0.1, -0.05) is 48.5 Å². The molecule has 6 heteroatoms. The van der Waals surface area contributed by atoms with E-state index in [4.69, 9.17) is 9.94 Å². The predicted octanol–water partition coefficient (Wildman–Crippen LogP) is 4.25. The average molecular weight is 374 g/mol. The predicted molar refractivity (Wildman–Crippen MR) is 106 cm³/mol. The molecule has 2 amide bonds. The number of carbonyl (C=O) groups is 2. The van der Waals surface area contributed by atoms with Crippen molar-refractivity contribution in [2.24, 2.45) is 0 Å². The molecule has 0 heterocycles. The number of nitrogens with one attached hydrogen (secondary N) is 2. The van der Waals surface area contributed by atoms with Gasteiger partial charge in [-0.2, -0.15) is 0 Å². The van der Waals surface area contributed by atoms with Crippen LogP contribution in [0.5, 0.6) is 11.5 Å². The van der Waals surface area contributed by atoms with Crippen LogP contribution in [0.2, 0.25) is 0 Å². The number of anilines is 1. The molecule has 0 aliphatic carbocycles. The van der Waals surface area contributed by atoms with E-state index in [9.17, 15) is 9.59 Å². The molecule has 0 aliphatic rings. The first kappa shape index (κ1) is 18.9. The van der Waals surface area contributed by atoms with E-state index in [1.165, 1.54) is 11.6 Å². The van der Waals surface area contributed by atoms with Crippen molar-refractivity contribution < 1.29 is 19.5 Å². The van der Waals surface area contributed by atoms with Crippen LogP contribution in [-0.2, 0) is 4.79 Å². The molecule has 3 aromatic carbocycles. The van der Waals surface area contributed by atoms with Gasteiger partial charge in [-0.15, -0.1) is 0 Å². The number of benzene rings is 3. The Morgan fingerprint density at radius 2 is 1.54 bits per heavy atom. The maximum atomic E-state index is 12.8. The summed E-state index contributed by atoms with van der Waals surface area (Å²) >= 11 is 0. The van der Waals surface area contributed by atoms with Gasteiger partial charge in [0.15, 0.2) is 0 Å².